The van der Waals surface area contributed by atoms with Crippen LogP contribution in [0.1, 0.15) is 26.2 Å². The second-order valence-corrected chi connectivity index (χ2v) is 2.94. The standard InChI is InChI=1S/C5H11FO3S/c1-2-3-4-5-9-10(6,7)8/h2-5H2,1H3. The Morgan fingerprint density at radius 2 is 2.00 bits per heavy atom. The van der Waals surface area contributed by atoms with Gasteiger partial charge in [-0.25, -0.2) is 4.18 Å². The van der Waals surface area contributed by atoms with E-state index in [9.17, 15) is 12.3 Å². The minimum atomic E-state index is -4.70. The molecule has 0 aliphatic heterocycles. The van der Waals surface area contributed by atoms with Crippen molar-refractivity contribution in [3.05, 3.63) is 0 Å². The van der Waals surface area contributed by atoms with E-state index in [1.165, 1.54) is 0 Å². The van der Waals surface area contributed by atoms with E-state index in [2.05, 4.69) is 4.18 Å². The summed E-state index contributed by atoms with van der Waals surface area (Å²) in [5.41, 5.74) is 0. The molecular formula is C5H11FO3S. The van der Waals surface area contributed by atoms with Gasteiger partial charge < -0.3 is 0 Å². The number of halogens is 1. The molecular weight excluding hydrogens is 159 g/mol. The van der Waals surface area contributed by atoms with Crippen LogP contribution >= 0.6 is 0 Å². The molecule has 0 unspecified atom stereocenters. The Bertz CT molecular complexity index is 164. The largest absolute Gasteiger partial charge is 0.437 e. The first-order valence-corrected chi connectivity index (χ1v) is 4.46. The molecule has 0 heterocycles. The molecule has 0 aromatic rings. The fourth-order valence-corrected chi connectivity index (χ4v) is 0.827. The molecule has 0 N–H and O–H groups in total. The van der Waals surface area contributed by atoms with E-state index in [1.807, 2.05) is 6.92 Å². The van der Waals surface area contributed by atoms with E-state index in [-0.39, 0.29) is 6.61 Å². The average Bonchev–Trinajstić information content (AvgIpc) is 1.78. The van der Waals surface area contributed by atoms with Gasteiger partial charge in [0, 0.05) is 0 Å². The lowest BCUT2D eigenvalue weighted by molar-refractivity contribution is 0.285. The van der Waals surface area contributed by atoms with Gasteiger partial charge in [-0.05, 0) is 6.42 Å². The molecule has 0 aliphatic carbocycles. The summed E-state index contributed by atoms with van der Waals surface area (Å²) in [4.78, 5) is 0. The number of rotatable bonds is 5. The summed E-state index contributed by atoms with van der Waals surface area (Å²) in [6.07, 6.45) is 2.39. The van der Waals surface area contributed by atoms with E-state index in [1.54, 1.807) is 0 Å². The number of hydrogen-bond donors (Lipinski definition) is 0. The summed E-state index contributed by atoms with van der Waals surface area (Å²) in [5.74, 6) is 0. The van der Waals surface area contributed by atoms with Crippen LogP contribution in [0.4, 0.5) is 3.89 Å². The van der Waals surface area contributed by atoms with Crippen molar-refractivity contribution in [3.8, 4) is 0 Å². The zero-order valence-corrected chi connectivity index (χ0v) is 6.66. The minimum Gasteiger partial charge on any atom is -0.245 e. The van der Waals surface area contributed by atoms with Crippen LogP contribution in [0.25, 0.3) is 0 Å². The summed E-state index contributed by atoms with van der Waals surface area (Å²) < 4.78 is 34.8. The summed E-state index contributed by atoms with van der Waals surface area (Å²) in [5, 5.41) is 0. The molecule has 62 valence electrons. The Morgan fingerprint density at radius 3 is 2.40 bits per heavy atom. The van der Waals surface area contributed by atoms with Crippen molar-refractivity contribution in [1.82, 2.24) is 0 Å². The zero-order valence-electron chi connectivity index (χ0n) is 5.84. The zero-order chi connectivity index (χ0) is 8.04. The highest BCUT2D eigenvalue weighted by Gasteiger charge is 2.04. The van der Waals surface area contributed by atoms with Crippen molar-refractivity contribution in [1.29, 1.82) is 0 Å². The molecule has 5 heteroatoms. The summed E-state index contributed by atoms with van der Waals surface area (Å²) >= 11 is 0. The monoisotopic (exact) mass is 170 g/mol. The molecule has 0 atom stereocenters. The smallest absolute Gasteiger partial charge is 0.245 e. The van der Waals surface area contributed by atoms with E-state index in [0.29, 0.717) is 6.42 Å². The SMILES string of the molecule is CCCCCOS(=O)(=O)F. The van der Waals surface area contributed by atoms with E-state index < -0.39 is 10.5 Å². The van der Waals surface area contributed by atoms with Crippen molar-refractivity contribution in [2.75, 3.05) is 6.61 Å². The van der Waals surface area contributed by atoms with Gasteiger partial charge in [0.25, 0.3) is 0 Å². The van der Waals surface area contributed by atoms with Crippen molar-refractivity contribution in [3.63, 3.8) is 0 Å². The molecule has 10 heavy (non-hydrogen) atoms. The maximum atomic E-state index is 11.6. The summed E-state index contributed by atoms with van der Waals surface area (Å²) in [6.45, 7) is 1.91. The molecule has 0 aromatic carbocycles. The lowest BCUT2D eigenvalue weighted by Gasteiger charge is -1.95. The predicted molar refractivity (Wildman–Crippen MR) is 35.5 cm³/mol. The van der Waals surface area contributed by atoms with Crippen LogP contribution in [-0.4, -0.2) is 15.0 Å². The van der Waals surface area contributed by atoms with E-state index in [4.69, 9.17) is 0 Å². The minimum absolute atomic E-state index is 0.0489. The Labute approximate surface area is 60.6 Å². The van der Waals surface area contributed by atoms with Gasteiger partial charge in [-0.1, -0.05) is 23.7 Å². The van der Waals surface area contributed by atoms with Crippen molar-refractivity contribution in [2.45, 2.75) is 26.2 Å². The van der Waals surface area contributed by atoms with Crippen LogP contribution < -0.4 is 0 Å². The Morgan fingerprint density at radius 1 is 1.40 bits per heavy atom. The molecule has 0 aromatic heterocycles. The van der Waals surface area contributed by atoms with Gasteiger partial charge in [0.1, 0.15) is 0 Å². The molecule has 0 bridgehead atoms. The lowest BCUT2D eigenvalue weighted by Crippen LogP contribution is -1.99. The highest BCUT2D eigenvalue weighted by Crippen LogP contribution is 1.98. The topological polar surface area (TPSA) is 43.4 Å². The fraction of sp³-hybridized carbons (Fsp3) is 1.00. The van der Waals surface area contributed by atoms with Gasteiger partial charge in [-0.15, -0.1) is 0 Å². The van der Waals surface area contributed by atoms with Crippen LogP contribution in [0, 0.1) is 0 Å². The first kappa shape index (κ1) is 9.84. The Hall–Kier alpha value is -0.160. The quantitative estimate of drug-likeness (QED) is 0.462. The molecule has 0 rings (SSSR count). The molecule has 3 nitrogen and oxygen atoms in total. The Balaban J connectivity index is 3.21. The van der Waals surface area contributed by atoms with Crippen molar-refractivity contribution in [2.24, 2.45) is 0 Å². The van der Waals surface area contributed by atoms with E-state index >= 15 is 0 Å². The fourth-order valence-electron chi connectivity index (χ4n) is 0.511. The van der Waals surface area contributed by atoms with Crippen LogP contribution in [0.15, 0.2) is 0 Å². The van der Waals surface area contributed by atoms with E-state index in [0.717, 1.165) is 12.8 Å². The average molecular weight is 170 g/mol. The third kappa shape index (κ3) is 7.84. The highest BCUT2D eigenvalue weighted by molar-refractivity contribution is 7.81. The van der Waals surface area contributed by atoms with Crippen molar-refractivity contribution < 1.29 is 16.5 Å². The summed E-state index contributed by atoms with van der Waals surface area (Å²) in [7, 11) is -4.70. The van der Waals surface area contributed by atoms with Gasteiger partial charge in [0.05, 0.1) is 6.61 Å². The van der Waals surface area contributed by atoms with Gasteiger partial charge >= 0.3 is 10.5 Å². The van der Waals surface area contributed by atoms with Crippen LogP contribution in [0.3, 0.4) is 0 Å². The molecule has 0 fully saturated rings. The lowest BCUT2D eigenvalue weighted by atomic mass is 10.3. The Kier molecular flexibility index (Phi) is 4.55. The molecule has 0 aliphatic rings. The molecule has 0 saturated heterocycles. The van der Waals surface area contributed by atoms with Gasteiger partial charge in [0.2, 0.25) is 0 Å². The first-order chi connectivity index (χ1) is 4.56. The second-order valence-electron chi connectivity index (χ2n) is 1.92. The third-order valence-electron chi connectivity index (χ3n) is 0.972. The first-order valence-electron chi connectivity index (χ1n) is 3.15. The van der Waals surface area contributed by atoms with Crippen LogP contribution in [0.2, 0.25) is 0 Å². The molecule has 0 radical (unpaired) electrons. The highest BCUT2D eigenvalue weighted by atomic mass is 32.3. The normalized spacial score (nSPS) is 11.8. The molecule has 0 saturated carbocycles. The van der Waals surface area contributed by atoms with Crippen LogP contribution in [0.5, 0.6) is 0 Å². The van der Waals surface area contributed by atoms with Crippen molar-refractivity contribution >= 4 is 10.5 Å². The second kappa shape index (κ2) is 4.62. The van der Waals surface area contributed by atoms with Gasteiger partial charge in [-0.2, -0.15) is 8.42 Å². The molecule has 0 amide bonds. The van der Waals surface area contributed by atoms with Gasteiger partial charge in [0.15, 0.2) is 0 Å². The van der Waals surface area contributed by atoms with Gasteiger partial charge in [-0.3, -0.25) is 0 Å². The predicted octanol–water partition coefficient (Wildman–Crippen LogP) is 1.41. The number of unbranched alkanes of at least 4 members (excludes halogenated alkanes) is 2. The number of hydrogen-bond acceptors (Lipinski definition) is 3. The molecule has 0 spiro atoms. The maximum absolute atomic E-state index is 11.6. The van der Waals surface area contributed by atoms with Crippen LogP contribution in [-0.2, 0) is 14.7 Å². The third-order valence-corrected chi connectivity index (χ3v) is 1.42. The maximum Gasteiger partial charge on any atom is 0.437 e. The summed E-state index contributed by atoms with van der Waals surface area (Å²) in [6, 6.07) is 0.